The Morgan fingerprint density at radius 3 is 2.42 bits per heavy atom. The molecule has 0 fully saturated rings. The van der Waals surface area contributed by atoms with Crippen LogP contribution >= 0.6 is 0 Å². The minimum Gasteiger partial charge on any atom is -0.359 e. The lowest BCUT2D eigenvalue weighted by atomic mass is 10.3. The Bertz CT molecular complexity index is 199. The lowest BCUT2D eigenvalue weighted by molar-refractivity contribution is -0.120. The molecule has 0 aliphatic rings. The average Bonchev–Trinajstić information content (AvgIpc) is 2.03. The van der Waals surface area contributed by atoms with Crippen LogP contribution in [0.5, 0.6) is 0 Å². The van der Waals surface area contributed by atoms with E-state index >= 15 is 0 Å². The van der Waals surface area contributed by atoms with Gasteiger partial charge in [-0.3, -0.25) is 9.59 Å². The fourth-order valence-electron chi connectivity index (χ4n) is 0.565. The van der Waals surface area contributed by atoms with E-state index in [1.165, 1.54) is 0 Å². The van der Waals surface area contributed by atoms with Gasteiger partial charge in [-0.05, 0) is 6.92 Å². The van der Waals surface area contributed by atoms with E-state index in [-0.39, 0.29) is 11.8 Å². The van der Waals surface area contributed by atoms with Gasteiger partial charge in [-0.2, -0.15) is 0 Å². The van der Waals surface area contributed by atoms with Gasteiger partial charge in [0.05, 0.1) is 0 Å². The molecule has 2 N–H and O–H groups in total. The number of carbonyl (C=O) groups excluding carboxylic acids is 2. The molecule has 0 unspecified atom stereocenters. The predicted molar refractivity (Wildman–Crippen MR) is 46.5 cm³/mol. The summed E-state index contributed by atoms with van der Waals surface area (Å²) in [5.74, 6) is -0.295. The number of hydrogen-bond acceptors (Lipinski definition) is 2. The Balaban J connectivity index is 3.50. The van der Waals surface area contributed by atoms with E-state index < -0.39 is 0 Å². The van der Waals surface area contributed by atoms with Crippen LogP contribution in [0.3, 0.4) is 0 Å². The van der Waals surface area contributed by atoms with E-state index in [4.69, 9.17) is 0 Å². The van der Waals surface area contributed by atoms with Crippen LogP contribution in [0.25, 0.3) is 0 Å². The van der Waals surface area contributed by atoms with Gasteiger partial charge in [0.2, 0.25) is 11.8 Å². The zero-order chi connectivity index (χ0) is 9.56. The molecule has 2 amide bonds. The third-order valence-corrected chi connectivity index (χ3v) is 1.30. The van der Waals surface area contributed by atoms with E-state index in [0.29, 0.717) is 18.5 Å². The lowest BCUT2D eigenvalue weighted by Crippen LogP contribution is -2.29. The first-order chi connectivity index (χ1) is 5.57. The van der Waals surface area contributed by atoms with Gasteiger partial charge in [0, 0.05) is 25.6 Å². The molecule has 0 aromatic carbocycles. The van der Waals surface area contributed by atoms with Crippen molar-refractivity contribution in [2.45, 2.75) is 13.3 Å². The van der Waals surface area contributed by atoms with Gasteiger partial charge in [0.25, 0.3) is 0 Å². The van der Waals surface area contributed by atoms with Gasteiger partial charge in [-0.25, -0.2) is 0 Å². The molecular formula is C8H14N2O2. The molecular weight excluding hydrogens is 156 g/mol. The second-order valence-corrected chi connectivity index (χ2v) is 2.46. The highest BCUT2D eigenvalue weighted by Crippen LogP contribution is 1.85. The zero-order valence-corrected chi connectivity index (χ0v) is 7.44. The van der Waals surface area contributed by atoms with Crippen LogP contribution < -0.4 is 10.6 Å². The molecule has 0 aliphatic carbocycles. The SMILES string of the molecule is C=C(C)C(=O)NCCC(=O)NC. The molecule has 12 heavy (non-hydrogen) atoms. The van der Waals surface area contributed by atoms with Gasteiger partial charge in [0.15, 0.2) is 0 Å². The third kappa shape index (κ3) is 4.49. The fraction of sp³-hybridized carbons (Fsp3) is 0.500. The molecule has 4 heteroatoms. The number of nitrogens with one attached hydrogen (secondary N) is 2. The number of hydrogen-bond donors (Lipinski definition) is 2. The second kappa shape index (κ2) is 5.35. The summed E-state index contributed by atoms with van der Waals surface area (Å²) in [6.07, 6.45) is 0.301. The molecule has 0 aromatic rings. The van der Waals surface area contributed by atoms with E-state index in [1.54, 1.807) is 14.0 Å². The van der Waals surface area contributed by atoms with Crippen LogP contribution in [0.2, 0.25) is 0 Å². The molecule has 0 aliphatic heterocycles. The molecule has 68 valence electrons. The van der Waals surface area contributed by atoms with Crippen molar-refractivity contribution in [3.63, 3.8) is 0 Å². The topological polar surface area (TPSA) is 58.2 Å². The first kappa shape index (κ1) is 10.7. The summed E-state index contributed by atoms with van der Waals surface area (Å²) >= 11 is 0. The van der Waals surface area contributed by atoms with Crippen LogP contribution in [0.15, 0.2) is 12.2 Å². The fourth-order valence-corrected chi connectivity index (χ4v) is 0.565. The number of carbonyl (C=O) groups is 2. The molecule has 0 aromatic heterocycles. The van der Waals surface area contributed by atoms with Crippen LogP contribution in [0.1, 0.15) is 13.3 Å². The summed E-state index contributed by atoms with van der Waals surface area (Å²) in [6.45, 7) is 5.43. The maximum Gasteiger partial charge on any atom is 0.246 e. The van der Waals surface area contributed by atoms with Crippen molar-refractivity contribution < 1.29 is 9.59 Å². The zero-order valence-electron chi connectivity index (χ0n) is 7.44. The second-order valence-electron chi connectivity index (χ2n) is 2.46. The molecule has 0 atom stereocenters. The van der Waals surface area contributed by atoms with Gasteiger partial charge >= 0.3 is 0 Å². The van der Waals surface area contributed by atoms with Crippen molar-refractivity contribution in [3.05, 3.63) is 12.2 Å². The average molecular weight is 170 g/mol. The van der Waals surface area contributed by atoms with Crippen molar-refractivity contribution in [1.29, 1.82) is 0 Å². The first-order valence-electron chi connectivity index (χ1n) is 3.72. The summed E-state index contributed by atoms with van der Waals surface area (Å²) in [5.41, 5.74) is 0.451. The highest BCUT2D eigenvalue weighted by Gasteiger charge is 2.01. The highest BCUT2D eigenvalue weighted by molar-refractivity contribution is 5.92. The molecule has 4 nitrogen and oxygen atoms in total. The van der Waals surface area contributed by atoms with Crippen molar-refractivity contribution in [2.24, 2.45) is 0 Å². The van der Waals surface area contributed by atoms with E-state index in [2.05, 4.69) is 17.2 Å². The molecule has 0 saturated heterocycles. The van der Waals surface area contributed by atoms with Crippen molar-refractivity contribution in [3.8, 4) is 0 Å². The van der Waals surface area contributed by atoms with Gasteiger partial charge in [-0.1, -0.05) is 6.58 Å². The van der Waals surface area contributed by atoms with Gasteiger partial charge in [0.1, 0.15) is 0 Å². The summed E-state index contributed by atoms with van der Waals surface area (Å²) in [5, 5.41) is 5.00. The van der Waals surface area contributed by atoms with Crippen LogP contribution in [-0.2, 0) is 9.59 Å². The Morgan fingerprint density at radius 2 is 2.00 bits per heavy atom. The van der Waals surface area contributed by atoms with Crippen LogP contribution in [0.4, 0.5) is 0 Å². The van der Waals surface area contributed by atoms with Crippen molar-refractivity contribution in [2.75, 3.05) is 13.6 Å². The summed E-state index contributed by atoms with van der Waals surface area (Å²) in [6, 6.07) is 0. The molecule has 0 rings (SSSR count). The minimum atomic E-state index is -0.209. The van der Waals surface area contributed by atoms with E-state index in [1.807, 2.05) is 0 Å². The van der Waals surface area contributed by atoms with Crippen LogP contribution in [0, 0.1) is 0 Å². The van der Waals surface area contributed by atoms with Crippen molar-refractivity contribution >= 4 is 11.8 Å². The maximum absolute atomic E-state index is 10.9. The van der Waals surface area contributed by atoms with E-state index in [9.17, 15) is 9.59 Å². The Hall–Kier alpha value is -1.32. The Kier molecular flexibility index (Phi) is 4.76. The Morgan fingerprint density at radius 1 is 1.42 bits per heavy atom. The minimum absolute atomic E-state index is 0.0861. The summed E-state index contributed by atoms with van der Waals surface area (Å²) in [7, 11) is 1.56. The largest absolute Gasteiger partial charge is 0.359 e. The van der Waals surface area contributed by atoms with Crippen molar-refractivity contribution in [1.82, 2.24) is 10.6 Å². The Labute approximate surface area is 72.0 Å². The maximum atomic E-state index is 10.9. The first-order valence-corrected chi connectivity index (χ1v) is 3.72. The molecule has 0 heterocycles. The molecule has 0 spiro atoms. The number of amides is 2. The predicted octanol–water partition coefficient (Wildman–Crippen LogP) is -0.185. The quantitative estimate of drug-likeness (QED) is 0.575. The summed E-state index contributed by atoms with van der Waals surface area (Å²) in [4.78, 5) is 21.5. The standard InChI is InChI=1S/C8H14N2O2/c1-6(2)8(12)10-5-4-7(11)9-3/h1,4-5H2,2-3H3,(H,9,11)(H,10,12). The molecule has 0 saturated carbocycles. The normalized spacial score (nSPS) is 8.83. The lowest BCUT2D eigenvalue weighted by Gasteiger charge is -2.02. The summed E-state index contributed by atoms with van der Waals surface area (Å²) < 4.78 is 0. The van der Waals surface area contributed by atoms with Gasteiger partial charge < -0.3 is 10.6 Å². The monoisotopic (exact) mass is 170 g/mol. The highest BCUT2D eigenvalue weighted by atomic mass is 16.2. The molecule has 0 bridgehead atoms. The van der Waals surface area contributed by atoms with Crippen LogP contribution in [-0.4, -0.2) is 25.4 Å². The van der Waals surface area contributed by atoms with E-state index in [0.717, 1.165) is 0 Å². The smallest absolute Gasteiger partial charge is 0.246 e. The molecule has 0 radical (unpaired) electrons. The number of rotatable bonds is 4. The van der Waals surface area contributed by atoms with Gasteiger partial charge in [-0.15, -0.1) is 0 Å². The third-order valence-electron chi connectivity index (χ3n) is 1.30.